The van der Waals surface area contributed by atoms with Crippen LogP contribution in [-0.2, 0) is 9.59 Å². The van der Waals surface area contributed by atoms with Crippen molar-refractivity contribution in [2.75, 3.05) is 32.6 Å². The first-order chi connectivity index (χ1) is 18.4. The maximum absolute atomic E-state index is 13.9. The van der Waals surface area contributed by atoms with Crippen molar-refractivity contribution >= 4 is 23.3 Å². The summed E-state index contributed by atoms with van der Waals surface area (Å²) in [6.07, 6.45) is 2.83. The van der Waals surface area contributed by atoms with Crippen molar-refractivity contribution in [2.24, 2.45) is 5.41 Å². The molecular formula is C27H36N8O4. The fourth-order valence-electron chi connectivity index (χ4n) is 4.88. The minimum Gasteiger partial charge on any atom is -0.467 e. The zero-order valence-electron chi connectivity index (χ0n) is 23.4. The quantitative estimate of drug-likeness (QED) is 0.465. The molecule has 1 aliphatic heterocycles. The van der Waals surface area contributed by atoms with Crippen molar-refractivity contribution in [3.8, 4) is 17.3 Å². The number of amides is 2. The van der Waals surface area contributed by atoms with Gasteiger partial charge in [-0.1, -0.05) is 32.1 Å². The molecule has 0 saturated carbocycles. The summed E-state index contributed by atoms with van der Waals surface area (Å²) in [6, 6.07) is 6.55. The third-order valence-corrected chi connectivity index (χ3v) is 6.97. The maximum atomic E-state index is 13.9. The van der Waals surface area contributed by atoms with Crippen molar-refractivity contribution in [1.82, 2.24) is 35.2 Å². The van der Waals surface area contributed by atoms with Gasteiger partial charge in [-0.15, -0.1) is 5.10 Å². The second kappa shape index (κ2) is 11.0. The highest BCUT2D eigenvalue weighted by Crippen LogP contribution is 2.36. The van der Waals surface area contributed by atoms with E-state index in [2.05, 4.69) is 25.6 Å². The number of aliphatic hydroxyl groups is 1. The van der Waals surface area contributed by atoms with E-state index in [0.29, 0.717) is 11.5 Å². The van der Waals surface area contributed by atoms with Crippen molar-refractivity contribution in [2.45, 2.75) is 52.3 Å². The fourth-order valence-corrected chi connectivity index (χ4v) is 4.88. The molecule has 208 valence electrons. The van der Waals surface area contributed by atoms with Gasteiger partial charge in [0.15, 0.2) is 0 Å². The summed E-state index contributed by atoms with van der Waals surface area (Å²) in [4.78, 5) is 38.2. The summed E-state index contributed by atoms with van der Waals surface area (Å²) in [7, 11) is 4.94. The van der Waals surface area contributed by atoms with Crippen LogP contribution in [0.15, 0.2) is 36.7 Å². The molecule has 1 fully saturated rings. The number of carbonyl (C=O) groups is 2. The van der Waals surface area contributed by atoms with Gasteiger partial charge in [0.05, 0.1) is 19.4 Å². The Morgan fingerprint density at radius 3 is 2.67 bits per heavy atom. The summed E-state index contributed by atoms with van der Waals surface area (Å²) in [5.41, 5.74) is 2.77. The molecule has 0 spiro atoms. The molecular weight excluding hydrogens is 500 g/mol. The Morgan fingerprint density at radius 1 is 1.26 bits per heavy atom. The molecule has 0 aliphatic carbocycles. The molecule has 4 rings (SSSR count). The van der Waals surface area contributed by atoms with Crippen LogP contribution < -0.4 is 15.0 Å². The van der Waals surface area contributed by atoms with Gasteiger partial charge in [0.2, 0.25) is 11.8 Å². The highest BCUT2D eigenvalue weighted by atomic mass is 16.5. The lowest BCUT2D eigenvalue weighted by Gasteiger charge is -2.34. The molecule has 1 aliphatic rings. The van der Waals surface area contributed by atoms with Crippen LogP contribution in [-0.4, -0.2) is 86.7 Å². The molecule has 2 amide bonds. The molecule has 2 aromatic heterocycles. The number of nitrogens with zero attached hydrogens (tertiary/aromatic N) is 7. The van der Waals surface area contributed by atoms with Crippen LogP contribution in [0.4, 0.5) is 11.5 Å². The number of anilines is 2. The van der Waals surface area contributed by atoms with E-state index >= 15 is 0 Å². The van der Waals surface area contributed by atoms with Gasteiger partial charge in [-0.2, -0.15) is 4.98 Å². The molecule has 0 bridgehead atoms. The molecule has 1 saturated heterocycles. The van der Waals surface area contributed by atoms with E-state index in [-0.39, 0.29) is 30.8 Å². The minimum absolute atomic E-state index is 0.0897. The lowest BCUT2D eigenvalue weighted by atomic mass is 9.85. The van der Waals surface area contributed by atoms with Crippen LogP contribution in [0.3, 0.4) is 0 Å². The lowest BCUT2D eigenvalue weighted by Crippen LogP contribution is -2.49. The number of rotatable bonds is 7. The van der Waals surface area contributed by atoms with Crippen molar-refractivity contribution in [1.29, 1.82) is 0 Å². The zero-order chi connectivity index (χ0) is 28.5. The van der Waals surface area contributed by atoms with Crippen LogP contribution in [0.5, 0.6) is 6.01 Å². The van der Waals surface area contributed by atoms with Gasteiger partial charge in [0.1, 0.15) is 23.6 Å². The number of methoxy groups -OCH3 is 1. The number of β-amino-alcohol motifs (C(OH)–C–C–N with tert-alkyl or cyclic N) is 1. The first-order valence-electron chi connectivity index (χ1n) is 12.8. The van der Waals surface area contributed by atoms with Crippen LogP contribution in [0.2, 0.25) is 0 Å². The number of likely N-dealkylation sites (tertiary alicyclic amines) is 1. The number of aryl methyl sites for hydroxylation is 1. The van der Waals surface area contributed by atoms with E-state index in [1.54, 1.807) is 23.1 Å². The van der Waals surface area contributed by atoms with Crippen LogP contribution >= 0.6 is 0 Å². The number of aromatic nitrogens is 5. The minimum atomic E-state index is -0.764. The van der Waals surface area contributed by atoms with E-state index in [9.17, 15) is 14.7 Å². The molecule has 3 aromatic rings. The summed E-state index contributed by atoms with van der Waals surface area (Å²) in [5.74, 6) is 0.0777. The molecule has 39 heavy (non-hydrogen) atoms. The Hall–Kier alpha value is -4.06. The normalized spacial score (nSPS) is 18.1. The second-order valence-electron chi connectivity index (χ2n) is 10.8. The number of hydrogen-bond donors (Lipinski definition) is 2. The Kier molecular flexibility index (Phi) is 7.86. The lowest BCUT2D eigenvalue weighted by molar-refractivity contribution is -0.144. The van der Waals surface area contributed by atoms with Gasteiger partial charge in [-0.3, -0.25) is 9.59 Å². The average molecular weight is 537 g/mol. The smallest absolute Gasteiger partial charge is 0.318 e. The maximum Gasteiger partial charge on any atom is 0.318 e. The Morgan fingerprint density at radius 2 is 2.00 bits per heavy atom. The summed E-state index contributed by atoms with van der Waals surface area (Å²) < 4.78 is 6.72. The highest BCUT2D eigenvalue weighted by molar-refractivity contribution is 5.90. The molecule has 2 unspecified atom stereocenters. The summed E-state index contributed by atoms with van der Waals surface area (Å²) in [6.45, 7) is 7.89. The second-order valence-corrected chi connectivity index (χ2v) is 10.8. The molecule has 1 aromatic carbocycles. The number of hydrogen-bond acceptors (Lipinski definition) is 9. The van der Waals surface area contributed by atoms with E-state index in [1.165, 1.54) is 19.1 Å². The molecule has 3 heterocycles. The molecule has 12 heteroatoms. The highest BCUT2D eigenvalue weighted by Gasteiger charge is 2.45. The van der Waals surface area contributed by atoms with Crippen molar-refractivity contribution < 1.29 is 19.4 Å². The SMILES string of the molecule is CNC(=O)C1CC(O)CN1C(=O)[C@@H](n1cc(-c2cc(N(C)c3ccnc(OC)n3)ccc2C)nn1)C(C)(C)C. The first kappa shape index (κ1) is 28.0. The predicted octanol–water partition coefficient (Wildman–Crippen LogP) is 2.12. The number of ether oxygens (including phenoxy) is 1. The van der Waals surface area contributed by atoms with Gasteiger partial charge in [0.25, 0.3) is 0 Å². The van der Waals surface area contributed by atoms with Crippen molar-refractivity contribution in [3.05, 3.63) is 42.2 Å². The van der Waals surface area contributed by atoms with Crippen LogP contribution in [0.25, 0.3) is 11.3 Å². The number of carbonyl (C=O) groups excluding carboxylic acids is 2. The van der Waals surface area contributed by atoms with Crippen LogP contribution in [0.1, 0.15) is 38.8 Å². The summed E-state index contributed by atoms with van der Waals surface area (Å²) in [5, 5.41) is 21.6. The van der Waals surface area contributed by atoms with Crippen molar-refractivity contribution in [3.63, 3.8) is 0 Å². The van der Waals surface area contributed by atoms with E-state index in [1.807, 2.05) is 57.8 Å². The van der Waals surface area contributed by atoms with Gasteiger partial charge < -0.3 is 25.0 Å². The standard InChI is InChI=1S/C27H36N8O4/c1-16-8-9-17(33(6)22-10-11-29-26(30-22)39-7)12-19(16)20-15-35(32-31-20)23(27(2,3)4)25(38)34-14-18(36)13-21(34)24(37)28-5/h8-12,15,18,21,23,36H,13-14H2,1-7H3,(H,28,37)/t18?,21?,23-/m1/s1. The van der Waals surface area contributed by atoms with E-state index in [4.69, 9.17) is 4.74 Å². The number of likely N-dealkylation sites (N-methyl/N-ethyl adjacent to an activating group) is 1. The van der Waals surface area contributed by atoms with E-state index in [0.717, 1.165) is 16.8 Å². The molecule has 3 atom stereocenters. The predicted molar refractivity (Wildman–Crippen MR) is 146 cm³/mol. The Bertz CT molecular complexity index is 1350. The monoisotopic (exact) mass is 536 g/mol. The molecule has 12 nitrogen and oxygen atoms in total. The number of nitrogens with one attached hydrogen (secondary N) is 1. The zero-order valence-corrected chi connectivity index (χ0v) is 23.4. The number of benzene rings is 1. The van der Waals surface area contributed by atoms with Crippen LogP contribution in [0, 0.1) is 12.3 Å². The largest absolute Gasteiger partial charge is 0.467 e. The Labute approximate surface area is 228 Å². The fraction of sp³-hybridized carbons (Fsp3) is 0.481. The topological polar surface area (TPSA) is 139 Å². The van der Waals surface area contributed by atoms with E-state index < -0.39 is 23.6 Å². The molecule has 0 radical (unpaired) electrons. The summed E-state index contributed by atoms with van der Waals surface area (Å²) >= 11 is 0. The first-order valence-corrected chi connectivity index (χ1v) is 12.8. The average Bonchev–Trinajstić information content (AvgIpc) is 3.54. The third kappa shape index (κ3) is 5.70. The third-order valence-electron chi connectivity index (χ3n) is 6.97. The van der Waals surface area contributed by atoms with Gasteiger partial charge in [-0.25, -0.2) is 9.67 Å². The van der Waals surface area contributed by atoms with Gasteiger partial charge in [-0.05, 0) is 36.1 Å². The Balaban J connectivity index is 1.67. The molecule has 2 N–H and O–H groups in total. The number of aliphatic hydroxyl groups excluding tert-OH is 1. The van der Waals surface area contributed by atoms with Gasteiger partial charge >= 0.3 is 6.01 Å². The van der Waals surface area contributed by atoms with Gasteiger partial charge in [0, 0.05) is 44.5 Å².